The molecule has 4 rings (SSSR count). The topological polar surface area (TPSA) is 63.9 Å². The van der Waals surface area contributed by atoms with Gasteiger partial charge in [0.25, 0.3) is 0 Å². The van der Waals surface area contributed by atoms with Crippen molar-refractivity contribution in [3.8, 4) is 5.75 Å². The first-order chi connectivity index (χ1) is 14.7. The lowest BCUT2D eigenvalue weighted by molar-refractivity contribution is 0.00855. The van der Waals surface area contributed by atoms with Gasteiger partial charge in [-0.05, 0) is 30.2 Å². The molecule has 6 nitrogen and oxygen atoms in total. The van der Waals surface area contributed by atoms with Gasteiger partial charge in [0, 0.05) is 43.2 Å². The van der Waals surface area contributed by atoms with Crippen LogP contribution < -0.4 is 15.7 Å². The first-order valence-electron chi connectivity index (χ1n) is 10.4. The van der Waals surface area contributed by atoms with Gasteiger partial charge in [-0.15, -0.1) is 0 Å². The van der Waals surface area contributed by atoms with Gasteiger partial charge in [-0.2, -0.15) is 0 Å². The lowest BCUT2D eigenvalue weighted by Gasteiger charge is -2.38. The Hall–Kier alpha value is -2.67. The molecule has 1 saturated heterocycles. The molecule has 30 heavy (non-hydrogen) atoms. The van der Waals surface area contributed by atoms with E-state index in [0.717, 1.165) is 37.3 Å². The predicted molar refractivity (Wildman–Crippen MR) is 117 cm³/mol. The van der Waals surface area contributed by atoms with Crippen LogP contribution in [-0.2, 0) is 11.3 Å². The van der Waals surface area contributed by atoms with Gasteiger partial charge in [-0.3, -0.25) is 4.90 Å². The van der Waals surface area contributed by atoms with Gasteiger partial charge in [-0.1, -0.05) is 30.3 Å². The van der Waals surface area contributed by atoms with Crippen LogP contribution in [0.3, 0.4) is 0 Å². The van der Waals surface area contributed by atoms with Crippen molar-refractivity contribution in [2.75, 3.05) is 33.4 Å². The van der Waals surface area contributed by atoms with Gasteiger partial charge in [0.2, 0.25) is 0 Å². The van der Waals surface area contributed by atoms with E-state index in [4.69, 9.17) is 13.9 Å². The van der Waals surface area contributed by atoms with E-state index in [0.29, 0.717) is 17.9 Å². The van der Waals surface area contributed by atoms with Crippen molar-refractivity contribution in [1.29, 1.82) is 0 Å². The smallest absolute Gasteiger partial charge is 0.336 e. The minimum absolute atomic E-state index is 0.172. The highest BCUT2D eigenvalue weighted by atomic mass is 16.5. The fraction of sp³-hybridized carbons (Fsp3) is 0.375. The molecule has 2 heterocycles. The number of morpholine rings is 1. The molecule has 0 radical (unpaired) electrons. The molecule has 0 unspecified atom stereocenters. The predicted octanol–water partition coefficient (Wildman–Crippen LogP) is 3.35. The Morgan fingerprint density at radius 1 is 1.10 bits per heavy atom. The summed E-state index contributed by atoms with van der Waals surface area (Å²) in [6, 6.07) is 18.1. The molecule has 0 spiro atoms. The lowest BCUT2D eigenvalue weighted by Crippen LogP contribution is -2.46. The Labute approximate surface area is 176 Å². The van der Waals surface area contributed by atoms with Gasteiger partial charge in [0.05, 0.1) is 26.4 Å². The highest BCUT2D eigenvalue weighted by Gasteiger charge is 2.27. The van der Waals surface area contributed by atoms with E-state index in [9.17, 15) is 4.79 Å². The fourth-order valence-corrected chi connectivity index (χ4v) is 4.19. The van der Waals surface area contributed by atoms with Gasteiger partial charge >= 0.3 is 5.63 Å². The summed E-state index contributed by atoms with van der Waals surface area (Å²) in [7, 11) is 1.60. The summed E-state index contributed by atoms with van der Waals surface area (Å²) in [5, 5.41) is 4.56. The van der Waals surface area contributed by atoms with E-state index in [-0.39, 0.29) is 17.7 Å². The van der Waals surface area contributed by atoms with Crippen LogP contribution >= 0.6 is 0 Å². The zero-order valence-electron chi connectivity index (χ0n) is 17.5. The van der Waals surface area contributed by atoms with E-state index < -0.39 is 0 Å². The second kappa shape index (κ2) is 9.43. The largest absolute Gasteiger partial charge is 0.497 e. The van der Waals surface area contributed by atoms with Gasteiger partial charge in [0.15, 0.2) is 0 Å². The normalized spacial score (nSPS) is 17.0. The second-order valence-corrected chi connectivity index (χ2v) is 7.63. The van der Waals surface area contributed by atoms with Crippen LogP contribution in [0.15, 0.2) is 63.8 Å². The molecule has 1 N–H and O–H groups in total. The number of benzene rings is 2. The molecule has 2 atom stereocenters. The number of nitrogens with zero attached hydrogens (tertiary/aromatic N) is 1. The Morgan fingerprint density at radius 3 is 2.60 bits per heavy atom. The Kier molecular flexibility index (Phi) is 6.47. The van der Waals surface area contributed by atoms with Gasteiger partial charge in [-0.25, -0.2) is 4.79 Å². The molecular weight excluding hydrogens is 380 g/mol. The highest BCUT2D eigenvalue weighted by molar-refractivity contribution is 5.81. The van der Waals surface area contributed by atoms with Crippen LogP contribution in [0.2, 0.25) is 0 Å². The van der Waals surface area contributed by atoms with Crippen molar-refractivity contribution in [2.24, 2.45) is 0 Å². The van der Waals surface area contributed by atoms with Crippen LogP contribution in [-0.4, -0.2) is 44.4 Å². The van der Waals surface area contributed by atoms with Crippen LogP contribution in [0.4, 0.5) is 0 Å². The fourth-order valence-electron chi connectivity index (χ4n) is 4.19. The Bertz CT molecular complexity index is 1030. The molecule has 158 valence electrons. The number of rotatable bonds is 7. The number of ether oxygens (including phenoxy) is 2. The van der Waals surface area contributed by atoms with Crippen LogP contribution in [0.5, 0.6) is 5.75 Å². The van der Waals surface area contributed by atoms with Crippen molar-refractivity contribution in [2.45, 2.75) is 25.6 Å². The Balaban J connectivity index is 1.57. The third-order valence-electron chi connectivity index (χ3n) is 5.71. The van der Waals surface area contributed by atoms with Gasteiger partial charge in [0.1, 0.15) is 11.3 Å². The number of methoxy groups -OCH3 is 1. The van der Waals surface area contributed by atoms with E-state index in [1.807, 2.05) is 18.2 Å². The summed E-state index contributed by atoms with van der Waals surface area (Å²) in [6.07, 6.45) is 0. The number of nitrogens with one attached hydrogen (secondary N) is 1. The molecule has 0 aliphatic carbocycles. The maximum Gasteiger partial charge on any atom is 0.336 e. The minimum atomic E-state index is -0.354. The summed E-state index contributed by atoms with van der Waals surface area (Å²) < 4.78 is 16.2. The molecule has 2 aromatic carbocycles. The van der Waals surface area contributed by atoms with Crippen molar-refractivity contribution >= 4 is 11.0 Å². The highest BCUT2D eigenvalue weighted by Crippen LogP contribution is 2.27. The van der Waals surface area contributed by atoms with Crippen LogP contribution in [0.1, 0.15) is 24.1 Å². The minimum Gasteiger partial charge on any atom is -0.497 e. The van der Waals surface area contributed by atoms with Crippen molar-refractivity contribution in [1.82, 2.24) is 10.2 Å². The lowest BCUT2D eigenvalue weighted by atomic mass is 9.97. The van der Waals surface area contributed by atoms with Crippen molar-refractivity contribution in [3.63, 3.8) is 0 Å². The summed E-state index contributed by atoms with van der Waals surface area (Å²) >= 11 is 0. The standard InChI is InChI=1S/C24H28N2O4/c1-17(24(18-6-4-3-5-7-18)26-10-12-29-13-11-26)25-16-19-14-23(27)30-22-15-20(28-2)8-9-21(19)22/h3-9,14-15,17,24-25H,10-13,16H2,1-2H3/t17-,24-/m1/s1. The summed E-state index contributed by atoms with van der Waals surface area (Å²) in [5.41, 5.74) is 2.39. The average molecular weight is 408 g/mol. The number of hydrogen-bond donors (Lipinski definition) is 1. The van der Waals surface area contributed by atoms with Gasteiger partial charge < -0.3 is 19.2 Å². The van der Waals surface area contributed by atoms with Crippen molar-refractivity contribution in [3.05, 3.63) is 76.1 Å². The third kappa shape index (κ3) is 4.56. The SMILES string of the molecule is COc1ccc2c(CN[C@H](C)[C@H](c3ccccc3)N3CCOCC3)cc(=O)oc2c1. The zero-order valence-corrected chi connectivity index (χ0v) is 17.5. The molecular formula is C24H28N2O4. The molecule has 0 amide bonds. The van der Waals surface area contributed by atoms with E-state index in [1.165, 1.54) is 5.56 Å². The number of fused-ring (bicyclic) bond motifs is 1. The van der Waals surface area contributed by atoms with E-state index in [1.54, 1.807) is 19.2 Å². The summed E-state index contributed by atoms with van der Waals surface area (Å²) in [4.78, 5) is 14.6. The maximum absolute atomic E-state index is 12.1. The molecule has 3 aromatic rings. The van der Waals surface area contributed by atoms with E-state index >= 15 is 0 Å². The third-order valence-corrected chi connectivity index (χ3v) is 5.71. The monoisotopic (exact) mass is 408 g/mol. The molecule has 1 aliphatic heterocycles. The Morgan fingerprint density at radius 2 is 1.87 bits per heavy atom. The summed E-state index contributed by atoms with van der Waals surface area (Å²) in [5.74, 6) is 0.667. The molecule has 1 fully saturated rings. The van der Waals surface area contributed by atoms with Crippen LogP contribution in [0, 0.1) is 0 Å². The number of hydrogen-bond acceptors (Lipinski definition) is 6. The first kappa shape index (κ1) is 20.6. The molecule has 6 heteroatoms. The maximum atomic E-state index is 12.1. The molecule has 0 saturated carbocycles. The molecule has 1 aromatic heterocycles. The van der Waals surface area contributed by atoms with Crippen molar-refractivity contribution < 1.29 is 13.9 Å². The zero-order chi connectivity index (χ0) is 20.9. The second-order valence-electron chi connectivity index (χ2n) is 7.63. The molecule has 1 aliphatic rings. The quantitative estimate of drug-likeness (QED) is 0.605. The first-order valence-corrected chi connectivity index (χ1v) is 10.4. The summed E-state index contributed by atoms with van der Waals surface area (Å²) in [6.45, 7) is 6.09. The van der Waals surface area contributed by atoms with Crippen LogP contribution in [0.25, 0.3) is 11.0 Å². The van der Waals surface area contributed by atoms with E-state index in [2.05, 4.69) is 41.4 Å². The molecule has 0 bridgehead atoms. The average Bonchev–Trinajstić information content (AvgIpc) is 2.78.